The lowest BCUT2D eigenvalue weighted by atomic mass is 9.98. The Labute approximate surface area is 162 Å². The van der Waals surface area contributed by atoms with E-state index in [4.69, 9.17) is 4.74 Å². The lowest BCUT2D eigenvalue weighted by Crippen LogP contribution is -2.40. The summed E-state index contributed by atoms with van der Waals surface area (Å²) in [5, 5.41) is 5.25. The molecule has 0 radical (unpaired) electrons. The van der Waals surface area contributed by atoms with Crippen molar-refractivity contribution in [1.29, 1.82) is 0 Å². The lowest BCUT2D eigenvalue weighted by molar-refractivity contribution is -0.148. The Kier molecular flexibility index (Phi) is 4.93. The summed E-state index contributed by atoms with van der Waals surface area (Å²) < 4.78 is 20.2. The number of rotatable bonds is 4. The van der Waals surface area contributed by atoms with Crippen LogP contribution in [0.2, 0.25) is 0 Å². The number of piperidine rings is 1. The van der Waals surface area contributed by atoms with Crippen LogP contribution in [0.15, 0.2) is 30.5 Å². The Balaban J connectivity index is 1.72. The normalized spacial score (nSPS) is 17.1. The molecule has 1 aliphatic heterocycles. The van der Waals surface area contributed by atoms with E-state index in [1.807, 2.05) is 13.8 Å². The van der Waals surface area contributed by atoms with Crippen LogP contribution in [0.4, 0.5) is 10.2 Å². The van der Waals surface area contributed by atoms with Crippen molar-refractivity contribution in [2.24, 2.45) is 5.92 Å². The summed E-state index contributed by atoms with van der Waals surface area (Å²) in [4.78, 5) is 23.5. The molecule has 7 nitrogen and oxygen atoms in total. The van der Waals surface area contributed by atoms with Gasteiger partial charge in [0.05, 0.1) is 29.8 Å². The van der Waals surface area contributed by atoms with E-state index in [0.717, 1.165) is 36.3 Å². The molecule has 0 spiro atoms. The summed E-state index contributed by atoms with van der Waals surface area (Å²) in [6.07, 6.45) is 3.43. The van der Waals surface area contributed by atoms with Gasteiger partial charge in [0.1, 0.15) is 17.5 Å². The van der Waals surface area contributed by atoms with E-state index >= 15 is 0 Å². The van der Waals surface area contributed by atoms with Gasteiger partial charge in [-0.15, -0.1) is 0 Å². The van der Waals surface area contributed by atoms with E-state index < -0.39 is 0 Å². The van der Waals surface area contributed by atoms with Gasteiger partial charge < -0.3 is 9.64 Å². The molecule has 2 aromatic heterocycles. The molecule has 1 aliphatic rings. The largest absolute Gasteiger partial charge is 0.466 e. The molecule has 4 rings (SSSR count). The zero-order chi connectivity index (χ0) is 19.7. The third-order valence-electron chi connectivity index (χ3n) is 4.93. The molecule has 1 saturated heterocycles. The van der Waals surface area contributed by atoms with Crippen LogP contribution in [0.3, 0.4) is 0 Å². The topological polar surface area (TPSA) is 73.1 Å². The molecule has 3 aromatic rings. The Morgan fingerprint density at radius 2 is 2.07 bits per heavy atom. The number of aromatic nitrogens is 4. The van der Waals surface area contributed by atoms with Gasteiger partial charge in [-0.3, -0.25) is 4.79 Å². The highest BCUT2D eigenvalue weighted by atomic mass is 19.1. The number of carbonyl (C=O) groups excluding carboxylic acids is 1. The lowest BCUT2D eigenvalue weighted by Gasteiger charge is -2.32. The zero-order valence-corrected chi connectivity index (χ0v) is 15.9. The molecule has 0 saturated carbocycles. The molecule has 1 atom stereocenters. The van der Waals surface area contributed by atoms with Gasteiger partial charge in [0.25, 0.3) is 0 Å². The van der Waals surface area contributed by atoms with Crippen LogP contribution in [-0.2, 0) is 9.53 Å². The Hall–Kier alpha value is -3.03. The fourth-order valence-corrected chi connectivity index (χ4v) is 3.63. The van der Waals surface area contributed by atoms with Gasteiger partial charge in [0.2, 0.25) is 0 Å². The average Bonchev–Trinajstić information content (AvgIpc) is 3.12. The summed E-state index contributed by atoms with van der Waals surface area (Å²) in [7, 11) is 0. The number of fused-ring (bicyclic) bond motifs is 1. The van der Waals surface area contributed by atoms with Crippen molar-refractivity contribution in [2.45, 2.75) is 26.7 Å². The molecule has 0 amide bonds. The molecule has 0 unspecified atom stereocenters. The highest BCUT2D eigenvalue weighted by molar-refractivity contribution is 5.88. The SMILES string of the molecule is CCOC(=O)[C@H]1CCCN(c2nc(C)nc3c2cnn3-c2ccc(F)cc2)C1. The quantitative estimate of drug-likeness (QED) is 0.645. The summed E-state index contributed by atoms with van der Waals surface area (Å²) in [6, 6.07) is 6.12. The van der Waals surface area contributed by atoms with Crippen LogP contribution >= 0.6 is 0 Å². The van der Waals surface area contributed by atoms with Crippen molar-refractivity contribution in [3.8, 4) is 5.69 Å². The molecule has 0 aliphatic carbocycles. The first-order valence-corrected chi connectivity index (χ1v) is 9.46. The van der Waals surface area contributed by atoms with Crippen LogP contribution in [0.25, 0.3) is 16.7 Å². The van der Waals surface area contributed by atoms with Crippen molar-refractivity contribution in [2.75, 3.05) is 24.6 Å². The van der Waals surface area contributed by atoms with Crippen molar-refractivity contribution in [3.63, 3.8) is 0 Å². The number of aryl methyl sites for hydroxylation is 1. The highest BCUT2D eigenvalue weighted by Crippen LogP contribution is 2.29. The summed E-state index contributed by atoms with van der Waals surface area (Å²) in [5.74, 6) is 0.766. The number of hydrogen-bond acceptors (Lipinski definition) is 6. The van der Waals surface area contributed by atoms with Crippen molar-refractivity contribution in [1.82, 2.24) is 19.7 Å². The molecule has 3 heterocycles. The molecule has 0 N–H and O–H groups in total. The number of carbonyl (C=O) groups is 1. The molecule has 0 bridgehead atoms. The number of anilines is 1. The number of halogens is 1. The monoisotopic (exact) mass is 383 g/mol. The van der Waals surface area contributed by atoms with Crippen LogP contribution < -0.4 is 4.90 Å². The van der Waals surface area contributed by atoms with E-state index in [1.54, 1.807) is 23.0 Å². The predicted octanol–water partition coefficient (Wildman–Crippen LogP) is 3.04. The van der Waals surface area contributed by atoms with Crippen LogP contribution in [0.1, 0.15) is 25.6 Å². The van der Waals surface area contributed by atoms with E-state index in [9.17, 15) is 9.18 Å². The summed E-state index contributed by atoms with van der Waals surface area (Å²) >= 11 is 0. The molecular weight excluding hydrogens is 361 g/mol. The highest BCUT2D eigenvalue weighted by Gasteiger charge is 2.29. The maximum absolute atomic E-state index is 13.3. The smallest absolute Gasteiger partial charge is 0.310 e. The minimum atomic E-state index is -0.301. The van der Waals surface area contributed by atoms with Gasteiger partial charge in [-0.05, 0) is 51.0 Å². The maximum atomic E-state index is 13.3. The van der Waals surface area contributed by atoms with E-state index in [0.29, 0.717) is 24.6 Å². The average molecular weight is 383 g/mol. The van der Waals surface area contributed by atoms with E-state index in [1.165, 1.54) is 12.1 Å². The minimum Gasteiger partial charge on any atom is -0.466 e. The minimum absolute atomic E-state index is 0.156. The second-order valence-corrected chi connectivity index (χ2v) is 6.90. The van der Waals surface area contributed by atoms with Gasteiger partial charge in [-0.25, -0.2) is 19.0 Å². The van der Waals surface area contributed by atoms with E-state index in [2.05, 4.69) is 20.0 Å². The van der Waals surface area contributed by atoms with Crippen LogP contribution in [-0.4, -0.2) is 45.4 Å². The van der Waals surface area contributed by atoms with Crippen LogP contribution in [0.5, 0.6) is 0 Å². The number of benzene rings is 1. The maximum Gasteiger partial charge on any atom is 0.310 e. The van der Waals surface area contributed by atoms with Gasteiger partial charge in [0, 0.05) is 13.1 Å². The van der Waals surface area contributed by atoms with Crippen LogP contribution in [0, 0.1) is 18.7 Å². The predicted molar refractivity (Wildman–Crippen MR) is 103 cm³/mol. The second kappa shape index (κ2) is 7.53. The number of ether oxygens (including phenoxy) is 1. The molecular formula is C20H22FN5O2. The Bertz CT molecular complexity index is 1000. The second-order valence-electron chi connectivity index (χ2n) is 6.90. The van der Waals surface area contributed by atoms with Crippen molar-refractivity contribution in [3.05, 3.63) is 42.1 Å². The first-order chi connectivity index (χ1) is 13.6. The van der Waals surface area contributed by atoms with Gasteiger partial charge in [-0.2, -0.15) is 5.10 Å². The van der Waals surface area contributed by atoms with Gasteiger partial charge in [-0.1, -0.05) is 0 Å². The molecule has 28 heavy (non-hydrogen) atoms. The fraction of sp³-hybridized carbons (Fsp3) is 0.400. The molecule has 8 heteroatoms. The van der Waals surface area contributed by atoms with Gasteiger partial charge in [0.15, 0.2) is 5.65 Å². The Morgan fingerprint density at radius 3 is 2.82 bits per heavy atom. The summed E-state index contributed by atoms with van der Waals surface area (Å²) in [5.41, 5.74) is 1.39. The van der Waals surface area contributed by atoms with Gasteiger partial charge >= 0.3 is 5.97 Å². The standard InChI is InChI=1S/C20H22FN5O2/c1-3-28-20(27)14-5-4-10-25(12-14)18-17-11-22-26(19(17)24-13(2)23-18)16-8-6-15(21)7-9-16/h6-9,11,14H,3-5,10,12H2,1-2H3/t14-/m0/s1. The first-order valence-electron chi connectivity index (χ1n) is 9.46. The fourth-order valence-electron chi connectivity index (χ4n) is 3.63. The molecule has 1 aromatic carbocycles. The molecule has 1 fully saturated rings. The Morgan fingerprint density at radius 1 is 1.29 bits per heavy atom. The zero-order valence-electron chi connectivity index (χ0n) is 15.9. The van der Waals surface area contributed by atoms with Crippen molar-refractivity contribution < 1.29 is 13.9 Å². The number of esters is 1. The third-order valence-corrected chi connectivity index (χ3v) is 4.93. The number of nitrogens with zero attached hydrogens (tertiary/aromatic N) is 5. The van der Waals surface area contributed by atoms with Crippen molar-refractivity contribution >= 4 is 22.8 Å². The number of hydrogen-bond donors (Lipinski definition) is 0. The third kappa shape index (κ3) is 3.42. The first kappa shape index (κ1) is 18.3. The van der Waals surface area contributed by atoms with E-state index in [-0.39, 0.29) is 17.7 Å². The summed E-state index contributed by atoms with van der Waals surface area (Å²) in [6.45, 7) is 5.41. The molecule has 146 valence electrons.